The molecule has 3 aromatic rings. The summed E-state index contributed by atoms with van der Waals surface area (Å²) in [6.45, 7) is 0. The molecule has 2 aromatic heterocycles. The van der Waals surface area contributed by atoms with Crippen LogP contribution >= 0.6 is 27.3 Å². The Morgan fingerprint density at radius 2 is 2.28 bits per heavy atom. The molecule has 92 valence electrons. The number of halogens is 1. The lowest BCUT2D eigenvalue weighted by atomic mass is 10.3. The number of nitrogens with zero attached hydrogens (tertiary/aromatic N) is 1. The Morgan fingerprint density at radius 3 is 3.06 bits per heavy atom. The Kier molecular flexibility index (Phi) is 2.76. The summed E-state index contributed by atoms with van der Waals surface area (Å²) in [4.78, 5) is 5.30. The fraction of sp³-hybridized carbons (Fsp3) is 0.0833. The topological polar surface area (TPSA) is 61.3 Å². The summed E-state index contributed by atoms with van der Waals surface area (Å²) in [6, 6.07) is 5.55. The summed E-state index contributed by atoms with van der Waals surface area (Å²) in [7, 11) is 1.62. The van der Waals surface area contributed by atoms with Gasteiger partial charge in [0.2, 0.25) is 5.89 Å². The molecule has 0 aliphatic carbocycles. The Bertz CT molecular complexity index is 720. The molecule has 0 aliphatic rings. The number of ether oxygens (including phenoxy) is 1. The highest BCUT2D eigenvalue weighted by atomic mass is 79.9. The summed E-state index contributed by atoms with van der Waals surface area (Å²) in [5, 5.41) is 1.93. The number of thiophene rings is 1. The summed E-state index contributed by atoms with van der Waals surface area (Å²) in [5.74, 6) is 1.28. The van der Waals surface area contributed by atoms with E-state index in [1.54, 1.807) is 13.2 Å². The number of nitrogen functional groups attached to an aromatic ring is 1. The molecule has 0 radical (unpaired) electrons. The molecule has 0 aliphatic heterocycles. The fourth-order valence-corrected chi connectivity index (χ4v) is 2.98. The molecule has 6 heteroatoms. The monoisotopic (exact) mass is 324 g/mol. The van der Waals surface area contributed by atoms with Crippen molar-refractivity contribution in [3.8, 4) is 16.5 Å². The minimum atomic E-state index is 0.529. The van der Waals surface area contributed by atoms with Gasteiger partial charge in [0.1, 0.15) is 16.1 Å². The lowest BCUT2D eigenvalue weighted by molar-refractivity contribution is 0.416. The number of oxazole rings is 1. The first-order valence-corrected chi connectivity index (χ1v) is 6.83. The summed E-state index contributed by atoms with van der Waals surface area (Å²) >= 11 is 4.90. The Morgan fingerprint density at radius 1 is 1.44 bits per heavy atom. The molecule has 0 spiro atoms. The lowest BCUT2D eigenvalue weighted by Crippen LogP contribution is -1.84. The van der Waals surface area contributed by atoms with Gasteiger partial charge in [0.05, 0.1) is 12.8 Å². The number of anilines is 1. The van der Waals surface area contributed by atoms with Crippen LogP contribution in [0.5, 0.6) is 5.75 Å². The third-order valence-corrected chi connectivity index (χ3v) is 3.87. The van der Waals surface area contributed by atoms with Gasteiger partial charge in [0, 0.05) is 4.47 Å². The molecule has 18 heavy (non-hydrogen) atoms. The third kappa shape index (κ3) is 1.77. The largest absolute Gasteiger partial charge is 0.495 e. The van der Waals surface area contributed by atoms with E-state index in [1.807, 2.05) is 17.5 Å². The van der Waals surface area contributed by atoms with Gasteiger partial charge in [-0.1, -0.05) is 15.9 Å². The second-order valence-corrected chi connectivity index (χ2v) is 5.51. The molecule has 2 heterocycles. The first kappa shape index (κ1) is 11.6. The van der Waals surface area contributed by atoms with Crippen molar-refractivity contribution in [2.75, 3.05) is 12.8 Å². The van der Waals surface area contributed by atoms with Crippen molar-refractivity contribution in [3.05, 3.63) is 28.1 Å². The summed E-state index contributed by atoms with van der Waals surface area (Å²) < 4.78 is 11.9. The number of hydrogen-bond donors (Lipinski definition) is 1. The number of benzene rings is 1. The van der Waals surface area contributed by atoms with Crippen molar-refractivity contribution in [2.45, 2.75) is 0 Å². The Labute approximate surface area is 116 Å². The van der Waals surface area contributed by atoms with Crippen molar-refractivity contribution in [3.63, 3.8) is 0 Å². The van der Waals surface area contributed by atoms with Gasteiger partial charge in [0.15, 0.2) is 5.58 Å². The van der Waals surface area contributed by atoms with Gasteiger partial charge in [-0.2, -0.15) is 0 Å². The van der Waals surface area contributed by atoms with Crippen LogP contribution in [0.2, 0.25) is 0 Å². The number of rotatable bonds is 2. The van der Waals surface area contributed by atoms with Gasteiger partial charge in [-0.15, -0.1) is 11.3 Å². The number of methoxy groups -OCH3 is 1. The van der Waals surface area contributed by atoms with Crippen LogP contribution in [0, 0.1) is 0 Å². The normalized spacial score (nSPS) is 11.0. The van der Waals surface area contributed by atoms with Crippen molar-refractivity contribution in [2.24, 2.45) is 0 Å². The number of nitrogens with two attached hydrogens (primary N) is 1. The molecule has 4 nitrogen and oxygen atoms in total. The highest BCUT2D eigenvalue weighted by Crippen LogP contribution is 2.38. The van der Waals surface area contributed by atoms with E-state index in [1.165, 1.54) is 11.3 Å². The highest BCUT2D eigenvalue weighted by molar-refractivity contribution is 9.10. The minimum absolute atomic E-state index is 0.529. The standard InChI is InChI=1S/C12H9BrN2O2S/c1-16-9-2-3-18-11(9)12-15-8-5-6(13)4-7(14)10(8)17-12/h2-5H,14H2,1H3. The second-order valence-electron chi connectivity index (χ2n) is 3.68. The zero-order chi connectivity index (χ0) is 12.7. The Hall–Kier alpha value is -1.53. The van der Waals surface area contributed by atoms with Crippen molar-refractivity contribution in [1.82, 2.24) is 4.98 Å². The second kappa shape index (κ2) is 4.29. The van der Waals surface area contributed by atoms with Gasteiger partial charge in [-0.05, 0) is 23.6 Å². The van der Waals surface area contributed by atoms with Crippen LogP contribution in [-0.2, 0) is 0 Å². The molecular formula is C12H9BrN2O2S. The van der Waals surface area contributed by atoms with Crippen LogP contribution in [0.25, 0.3) is 21.9 Å². The quantitative estimate of drug-likeness (QED) is 0.726. The van der Waals surface area contributed by atoms with E-state index in [0.717, 1.165) is 20.6 Å². The van der Waals surface area contributed by atoms with Gasteiger partial charge in [0.25, 0.3) is 0 Å². The lowest BCUT2D eigenvalue weighted by Gasteiger charge is -1.96. The predicted octanol–water partition coefficient (Wildman–Crippen LogP) is 3.91. The molecule has 0 bridgehead atoms. The first-order chi connectivity index (χ1) is 8.69. The molecule has 0 unspecified atom stereocenters. The molecule has 0 amide bonds. The number of fused-ring (bicyclic) bond motifs is 1. The van der Waals surface area contributed by atoms with Crippen LogP contribution in [0.4, 0.5) is 5.69 Å². The number of aromatic nitrogens is 1. The van der Waals surface area contributed by atoms with Gasteiger partial charge in [-0.25, -0.2) is 4.98 Å². The van der Waals surface area contributed by atoms with E-state index in [2.05, 4.69) is 20.9 Å². The van der Waals surface area contributed by atoms with E-state index in [0.29, 0.717) is 17.2 Å². The third-order valence-electron chi connectivity index (χ3n) is 2.53. The van der Waals surface area contributed by atoms with Crippen molar-refractivity contribution in [1.29, 1.82) is 0 Å². The maximum Gasteiger partial charge on any atom is 0.241 e. The summed E-state index contributed by atoms with van der Waals surface area (Å²) in [5.41, 5.74) is 7.80. The molecule has 0 atom stereocenters. The SMILES string of the molecule is COc1ccsc1-c1nc2cc(Br)cc(N)c2o1. The zero-order valence-corrected chi connectivity index (χ0v) is 11.8. The number of hydrogen-bond acceptors (Lipinski definition) is 5. The molecular weight excluding hydrogens is 316 g/mol. The zero-order valence-electron chi connectivity index (χ0n) is 9.44. The maximum absolute atomic E-state index is 5.90. The molecule has 2 N–H and O–H groups in total. The smallest absolute Gasteiger partial charge is 0.241 e. The maximum atomic E-state index is 5.90. The first-order valence-electron chi connectivity index (χ1n) is 5.16. The van der Waals surface area contributed by atoms with Crippen molar-refractivity contribution < 1.29 is 9.15 Å². The average molecular weight is 325 g/mol. The minimum Gasteiger partial charge on any atom is -0.495 e. The van der Waals surface area contributed by atoms with Crippen LogP contribution < -0.4 is 10.5 Å². The molecule has 1 aromatic carbocycles. The molecule has 0 saturated carbocycles. The average Bonchev–Trinajstić information content (AvgIpc) is 2.92. The van der Waals surface area contributed by atoms with Crippen LogP contribution in [0.1, 0.15) is 0 Å². The van der Waals surface area contributed by atoms with E-state index < -0.39 is 0 Å². The van der Waals surface area contributed by atoms with E-state index in [9.17, 15) is 0 Å². The van der Waals surface area contributed by atoms with Gasteiger partial charge >= 0.3 is 0 Å². The van der Waals surface area contributed by atoms with E-state index in [4.69, 9.17) is 14.9 Å². The molecule has 0 fully saturated rings. The predicted molar refractivity (Wildman–Crippen MR) is 76.0 cm³/mol. The van der Waals surface area contributed by atoms with Crippen LogP contribution in [0.15, 0.2) is 32.5 Å². The van der Waals surface area contributed by atoms with Gasteiger partial charge < -0.3 is 14.9 Å². The molecule has 3 rings (SSSR count). The summed E-state index contributed by atoms with van der Waals surface area (Å²) in [6.07, 6.45) is 0. The Balaban J connectivity index is 2.22. The fourth-order valence-electron chi connectivity index (χ4n) is 1.73. The van der Waals surface area contributed by atoms with E-state index >= 15 is 0 Å². The van der Waals surface area contributed by atoms with E-state index in [-0.39, 0.29) is 0 Å². The molecule has 0 saturated heterocycles. The van der Waals surface area contributed by atoms with Gasteiger partial charge in [-0.3, -0.25) is 0 Å². The van der Waals surface area contributed by atoms with Crippen molar-refractivity contribution >= 4 is 44.1 Å². The highest BCUT2D eigenvalue weighted by Gasteiger charge is 2.16. The van der Waals surface area contributed by atoms with Crippen LogP contribution in [0.3, 0.4) is 0 Å². The van der Waals surface area contributed by atoms with Crippen LogP contribution in [-0.4, -0.2) is 12.1 Å².